The summed E-state index contributed by atoms with van der Waals surface area (Å²) in [6.07, 6.45) is 7.01. The molecule has 0 spiro atoms. The molecule has 4 unspecified atom stereocenters. The third kappa shape index (κ3) is 3.89. The van der Waals surface area contributed by atoms with E-state index in [2.05, 4.69) is 19.2 Å². The van der Waals surface area contributed by atoms with Crippen LogP contribution in [0.1, 0.15) is 58.8 Å². The van der Waals surface area contributed by atoms with E-state index in [4.69, 9.17) is 0 Å². The number of hydrogen-bond acceptors (Lipinski definition) is 2. The van der Waals surface area contributed by atoms with Crippen molar-refractivity contribution in [1.29, 1.82) is 0 Å². The van der Waals surface area contributed by atoms with Crippen molar-refractivity contribution in [3.63, 3.8) is 0 Å². The van der Waals surface area contributed by atoms with Crippen LogP contribution in [0.15, 0.2) is 0 Å². The molecule has 2 N–H and O–H groups in total. The zero-order valence-corrected chi connectivity index (χ0v) is 13.2. The molecule has 0 radical (unpaired) electrons. The summed E-state index contributed by atoms with van der Waals surface area (Å²) in [7, 11) is 0. The lowest BCUT2D eigenvalue weighted by molar-refractivity contribution is -0.144. The normalized spacial score (nSPS) is 33.5. The maximum atomic E-state index is 12.5. The van der Waals surface area contributed by atoms with E-state index in [9.17, 15) is 14.7 Å². The fourth-order valence-electron chi connectivity index (χ4n) is 3.66. The second kappa shape index (κ2) is 7.14. The number of piperidine rings is 1. The minimum Gasteiger partial charge on any atom is -0.480 e. The second-order valence-corrected chi connectivity index (χ2v) is 6.66. The van der Waals surface area contributed by atoms with Gasteiger partial charge in [-0.05, 0) is 37.5 Å². The van der Waals surface area contributed by atoms with Gasteiger partial charge in [0.25, 0.3) is 0 Å². The molecule has 1 saturated heterocycles. The predicted molar refractivity (Wildman–Crippen MR) is 81.1 cm³/mol. The SMILES string of the molecule is CCC1CCN(C(=O)NC2CCCCC2C)C(C(=O)O)C1. The average molecular weight is 296 g/mol. The van der Waals surface area contributed by atoms with E-state index in [1.807, 2.05) is 0 Å². The molecule has 5 heteroatoms. The summed E-state index contributed by atoms with van der Waals surface area (Å²) in [5.41, 5.74) is 0. The van der Waals surface area contributed by atoms with Gasteiger partial charge in [-0.25, -0.2) is 9.59 Å². The number of aliphatic carboxylic acids is 1. The Morgan fingerprint density at radius 3 is 2.57 bits per heavy atom. The Bertz CT molecular complexity index is 386. The fraction of sp³-hybridized carbons (Fsp3) is 0.875. The molecule has 21 heavy (non-hydrogen) atoms. The van der Waals surface area contributed by atoms with Gasteiger partial charge in [0.2, 0.25) is 0 Å². The number of carboxylic acid groups (broad SMARTS) is 1. The summed E-state index contributed by atoms with van der Waals surface area (Å²) in [4.78, 5) is 25.5. The van der Waals surface area contributed by atoms with E-state index in [0.29, 0.717) is 24.8 Å². The van der Waals surface area contributed by atoms with Gasteiger partial charge in [0, 0.05) is 12.6 Å². The van der Waals surface area contributed by atoms with E-state index < -0.39 is 12.0 Å². The highest BCUT2D eigenvalue weighted by Crippen LogP contribution is 2.27. The molecule has 2 rings (SSSR count). The number of amides is 2. The van der Waals surface area contributed by atoms with Gasteiger partial charge in [0.1, 0.15) is 6.04 Å². The number of urea groups is 1. The number of nitrogens with one attached hydrogen (secondary N) is 1. The third-order valence-electron chi connectivity index (χ3n) is 5.25. The van der Waals surface area contributed by atoms with Crippen molar-refractivity contribution in [2.45, 2.75) is 70.9 Å². The van der Waals surface area contributed by atoms with Crippen LogP contribution in [-0.2, 0) is 4.79 Å². The summed E-state index contributed by atoms with van der Waals surface area (Å²) in [6, 6.07) is -0.650. The van der Waals surface area contributed by atoms with Gasteiger partial charge in [-0.1, -0.05) is 33.1 Å². The Balaban J connectivity index is 1.97. The first kappa shape index (κ1) is 16.1. The number of carbonyl (C=O) groups excluding carboxylic acids is 1. The van der Waals surface area contributed by atoms with E-state index in [-0.39, 0.29) is 12.1 Å². The van der Waals surface area contributed by atoms with Crippen molar-refractivity contribution in [2.75, 3.05) is 6.54 Å². The number of carbonyl (C=O) groups is 2. The van der Waals surface area contributed by atoms with Gasteiger partial charge >= 0.3 is 12.0 Å². The van der Waals surface area contributed by atoms with Gasteiger partial charge in [-0.3, -0.25) is 0 Å². The molecule has 120 valence electrons. The minimum absolute atomic E-state index is 0.185. The second-order valence-electron chi connectivity index (χ2n) is 6.66. The lowest BCUT2D eigenvalue weighted by Crippen LogP contribution is -2.56. The summed E-state index contributed by atoms with van der Waals surface area (Å²) < 4.78 is 0. The van der Waals surface area contributed by atoms with Crippen LogP contribution in [0, 0.1) is 11.8 Å². The Hall–Kier alpha value is -1.26. The van der Waals surface area contributed by atoms with Crippen molar-refractivity contribution in [2.24, 2.45) is 11.8 Å². The van der Waals surface area contributed by atoms with E-state index in [1.165, 1.54) is 11.3 Å². The number of rotatable bonds is 3. The molecule has 1 aliphatic heterocycles. The number of hydrogen-bond donors (Lipinski definition) is 2. The van der Waals surface area contributed by atoms with E-state index >= 15 is 0 Å². The molecule has 2 amide bonds. The smallest absolute Gasteiger partial charge is 0.326 e. The van der Waals surface area contributed by atoms with Crippen molar-refractivity contribution in [3.05, 3.63) is 0 Å². The molecule has 1 aliphatic carbocycles. The summed E-state index contributed by atoms with van der Waals surface area (Å²) in [6.45, 7) is 4.81. The van der Waals surface area contributed by atoms with Crippen molar-refractivity contribution in [3.8, 4) is 0 Å². The first-order valence-electron chi connectivity index (χ1n) is 8.32. The molecule has 0 bridgehead atoms. The minimum atomic E-state index is -0.875. The molecule has 4 atom stereocenters. The Morgan fingerprint density at radius 2 is 1.95 bits per heavy atom. The van der Waals surface area contributed by atoms with Crippen molar-refractivity contribution < 1.29 is 14.7 Å². The maximum Gasteiger partial charge on any atom is 0.326 e. The Morgan fingerprint density at radius 1 is 1.24 bits per heavy atom. The van der Waals surface area contributed by atoms with Gasteiger partial charge in [0.15, 0.2) is 0 Å². The molecular weight excluding hydrogens is 268 g/mol. The van der Waals surface area contributed by atoms with Crippen LogP contribution in [0.2, 0.25) is 0 Å². The largest absolute Gasteiger partial charge is 0.480 e. The lowest BCUT2D eigenvalue weighted by atomic mass is 9.86. The van der Waals surface area contributed by atoms with Gasteiger partial charge in [-0.2, -0.15) is 0 Å². The van der Waals surface area contributed by atoms with Crippen molar-refractivity contribution in [1.82, 2.24) is 10.2 Å². The fourth-order valence-corrected chi connectivity index (χ4v) is 3.66. The number of carboxylic acids is 1. The summed E-state index contributed by atoms with van der Waals surface area (Å²) in [5, 5.41) is 12.5. The molecular formula is C16H28N2O3. The van der Waals surface area contributed by atoms with Crippen LogP contribution in [0.25, 0.3) is 0 Å². The highest BCUT2D eigenvalue weighted by atomic mass is 16.4. The third-order valence-corrected chi connectivity index (χ3v) is 5.25. The molecule has 5 nitrogen and oxygen atoms in total. The quantitative estimate of drug-likeness (QED) is 0.841. The standard InChI is InChI=1S/C16H28N2O3/c1-3-12-8-9-18(14(10-12)15(19)20)16(21)17-13-7-5-4-6-11(13)2/h11-14H,3-10H2,1-2H3,(H,17,21)(H,19,20). The Labute approximate surface area is 127 Å². The molecule has 1 heterocycles. The van der Waals surface area contributed by atoms with Crippen LogP contribution < -0.4 is 5.32 Å². The van der Waals surface area contributed by atoms with Crippen LogP contribution in [0.3, 0.4) is 0 Å². The topological polar surface area (TPSA) is 69.6 Å². The molecule has 0 aromatic rings. The van der Waals surface area contributed by atoms with Crippen LogP contribution in [0.5, 0.6) is 0 Å². The Kier molecular flexibility index (Phi) is 5.48. The molecule has 1 saturated carbocycles. The first-order chi connectivity index (χ1) is 10.0. The highest BCUT2D eigenvalue weighted by Gasteiger charge is 2.36. The van der Waals surface area contributed by atoms with Crippen LogP contribution in [-0.4, -0.2) is 40.6 Å². The highest BCUT2D eigenvalue weighted by molar-refractivity contribution is 5.83. The zero-order valence-electron chi connectivity index (χ0n) is 13.2. The van der Waals surface area contributed by atoms with E-state index in [1.54, 1.807) is 0 Å². The monoisotopic (exact) mass is 296 g/mol. The van der Waals surface area contributed by atoms with Crippen LogP contribution in [0.4, 0.5) is 4.79 Å². The van der Waals surface area contributed by atoms with Gasteiger partial charge in [0.05, 0.1) is 0 Å². The number of likely N-dealkylation sites (tertiary alicyclic amines) is 1. The average Bonchev–Trinajstić information content (AvgIpc) is 2.48. The van der Waals surface area contributed by atoms with Crippen LogP contribution >= 0.6 is 0 Å². The molecule has 2 fully saturated rings. The summed E-state index contributed by atoms with van der Waals surface area (Å²) in [5.74, 6) is 0.0305. The zero-order chi connectivity index (χ0) is 15.4. The van der Waals surface area contributed by atoms with Gasteiger partial charge in [-0.15, -0.1) is 0 Å². The van der Waals surface area contributed by atoms with E-state index in [0.717, 1.165) is 32.1 Å². The lowest BCUT2D eigenvalue weighted by Gasteiger charge is -2.39. The van der Waals surface area contributed by atoms with Gasteiger partial charge < -0.3 is 15.3 Å². The number of nitrogens with zero attached hydrogens (tertiary/aromatic N) is 1. The molecule has 2 aliphatic rings. The van der Waals surface area contributed by atoms with Crippen molar-refractivity contribution >= 4 is 12.0 Å². The predicted octanol–water partition coefficient (Wildman–Crippen LogP) is 2.85. The first-order valence-corrected chi connectivity index (χ1v) is 8.32. The molecule has 0 aromatic heterocycles. The molecule has 0 aromatic carbocycles. The maximum absolute atomic E-state index is 12.5. The summed E-state index contributed by atoms with van der Waals surface area (Å²) >= 11 is 0.